The minimum absolute atomic E-state index is 0.497. The van der Waals surface area contributed by atoms with E-state index >= 15 is 0 Å². The Bertz CT molecular complexity index is 646. The lowest BCUT2D eigenvalue weighted by Gasteiger charge is -2.32. The van der Waals surface area contributed by atoms with Crippen LogP contribution in [-0.4, -0.2) is 6.61 Å². The molecule has 2 heterocycles. The highest BCUT2D eigenvalue weighted by molar-refractivity contribution is 7.16. The first-order chi connectivity index (χ1) is 9.23. The minimum atomic E-state index is -0.497. The van der Waals surface area contributed by atoms with Gasteiger partial charge >= 0.3 is 0 Å². The molecule has 0 aliphatic carbocycles. The van der Waals surface area contributed by atoms with Crippen LogP contribution in [0.4, 0.5) is 0 Å². The van der Waals surface area contributed by atoms with Crippen LogP contribution in [0.2, 0.25) is 4.34 Å². The van der Waals surface area contributed by atoms with E-state index < -0.39 is 5.41 Å². The fourth-order valence-electron chi connectivity index (χ4n) is 2.54. The molecule has 0 N–H and O–H groups in total. The van der Waals surface area contributed by atoms with Crippen molar-refractivity contribution in [3.8, 4) is 11.8 Å². The predicted octanol–water partition coefficient (Wildman–Crippen LogP) is 4.19. The molecule has 0 saturated heterocycles. The molecular formula is C15H12ClNOS. The first-order valence-corrected chi connectivity index (χ1v) is 7.31. The summed E-state index contributed by atoms with van der Waals surface area (Å²) in [6.07, 6.45) is 1.41. The highest BCUT2D eigenvalue weighted by Crippen LogP contribution is 2.41. The molecule has 2 nitrogen and oxygen atoms in total. The maximum absolute atomic E-state index is 9.72. The van der Waals surface area contributed by atoms with Gasteiger partial charge in [-0.15, -0.1) is 11.3 Å². The molecule has 0 radical (unpaired) electrons. The standard InChI is InChI=1S/C15H12ClNOS/c16-14-6-5-11(19-14)9-15(10-17)7-8-18-13-4-2-1-3-12(13)15/h1-6H,7-9H2. The summed E-state index contributed by atoms with van der Waals surface area (Å²) < 4.78 is 6.42. The molecule has 1 aliphatic rings. The normalized spacial score (nSPS) is 21.3. The smallest absolute Gasteiger partial charge is 0.124 e. The molecule has 4 heteroatoms. The molecule has 0 amide bonds. The zero-order valence-electron chi connectivity index (χ0n) is 10.2. The van der Waals surface area contributed by atoms with Gasteiger partial charge in [-0.25, -0.2) is 0 Å². The predicted molar refractivity (Wildman–Crippen MR) is 76.9 cm³/mol. The number of benzene rings is 1. The van der Waals surface area contributed by atoms with Crippen molar-refractivity contribution in [1.29, 1.82) is 5.26 Å². The van der Waals surface area contributed by atoms with Gasteiger partial charge in [-0.3, -0.25) is 0 Å². The van der Waals surface area contributed by atoms with Gasteiger partial charge in [0.25, 0.3) is 0 Å². The highest BCUT2D eigenvalue weighted by Gasteiger charge is 2.38. The van der Waals surface area contributed by atoms with Crippen LogP contribution in [0.15, 0.2) is 36.4 Å². The molecule has 1 aromatic heterocycles. The first kappa shape index (κ1) is 12.5. The number of para-hydroxylation sites is 1. The zero-order valence-corrected chi connectivity index (χ0v) is 11.8. The lowest BCUT2D eigenvalue weighted by atomic mass is 9.74. The third-order valence-corrected chi connectivity index (χ3v) is 4.74. The molecule has 2 aromatic rings. The molecule has 19 heavy (non-hydrogen) atoms. The van der Waals surface area contributed by atoms with Crippen molar-refractivity contribution in [1.82, 2.24) is 0 Å². The van der Waals surface area contributed by atoms with Crippen LogP contribution in [0.3, 0.4) is 0 Å². The average molecular weight is 290 g/mol. The topological polar surface area (TPSA) is 33.0 Å². The van der Waals surface area contributed by atoms with E-state index in [0.29, 0.717) is 13.0 Å². The van der Waals surface area contributed by atoms with Crippen molar-refractivity contribution >= 4 is 22.9 Å². The van der Waals surface area contributed by atoms with E-state index in [1.807, 2.05) is 36.4 Å². The molecule has 3 rings (SSSR count). The summed E-state index contributed by atoms with van der Waals surface area (Å²) in [4.78, 5) is 1.14. The van der Waals surface area contributed by atoms with Gasteiger partial charge in [-0.1, -0.05) is 29.8 Å². The molecule has 96 valence electrons. The summed E-state index contributed by atoms with van der Waals surface area (Å²) >= 11 is 7.52. The Morgan fingerprint density at radius 3 is 2.89 bits per heavy atom. The number of nitrogens with zero attached hydrogens (tertiary/aromatic N) is 1. The van der Waals surface area contributed by atoms with E-state index in [-0.39, 0.29) is 0 Å². The number of ether oxygens (including phenoxy) is 1. The summed E-state index contributed by atoms with van der Waals surface area (Å²) in [7, 11) is 0. The van der Waals surface area contributed by atoms with Gasteiger partial charge in [0.2, 0.25) is 0 Å². The second-order valence-corrected chi connectivity index (χ2v) is 6.47. The largest absolute Gasteiger partial charge is 0.493 e. The Balaban J connectivity index is 2.03. The molecule has 0 saturated carbocycles. The lowest BCUT2D eigenvalue weighted by molar-refractivity contribution is 0.242. The number of fused-ring (bicyclic) bond motifs is 1. The Labute approximate surface area is 121 Å². The molecule has 1 atom stereocenters. The highest BCUT2D eigenvalue weighted by atomic mass is 35.5. The Kier molecular flexibility index (Phi) is 3.22. The third-order valence-electron chi connectivity index (χ3n) is 3.51. The summed E-state index contributed by atoms with van der Waals surface area (Å²) in [6.45, 7) is 0.587. The molecule has 0 bridgehead atoms. The van der Waals surface area contributed by atoms with E-state index in [4.69, 9.17) is 16.3 Å². The third kappa shape index (κ3) is 2.22. The van der Waals surface area contributed by atoms with Gasteiger partial charge < -0.3 is 4.74 Å². The van der Waals surface area contributed by atoms with Crippen LogP contribution >= 0.6 is 22.9 Å². The second-order valence-electron chi connectivity index (χ2n) is 4.67. The van der Waals surface area contributed by atoms with Crippen LogP contribution < -0.4 is 4.74 Å². The van der Waals surface area contributed by atoms with Crippen molar-refractivity contribution in [2.75, 3.05) is 6.61 Å². The van der Waals surface area contributed by atoms with E-state index in [0.717, 1.165) is 26.9 Å². The maximum Gasteiger partial charge on any atom is 0.124 e. The number of hydrogen-bond donors (Lipinski definition) is 0. The summed E-state index contributed by atoms with van der Waals surface area (Å²) in [6, 6.07) is 14.2. The quantitative estimate of drug-likeness (QED) is 0.830. The Hall–Kier alpha value is -1.50. The van der Waals surface area contributed by atoms with Crippen LogP contribution in [0.25, 0.3) is 0 Å². The molecule has 0 spiro atoms. The van der Waals surface area contributed by atoms with Crippen molar-refractivity contribution in [3.63, 3.8) is 0 Å². The second kappa shape index (κ2) is 4.88. The van der Waals surface area contributed by atoms with Gasteiger partial charge in [0, 0.05) is 23.3 Å². The molecule has 1 unspecified atom stereocenters. The van der Waals surface area contributed by atoms with Crippen molar-refractivity contribution in [2.45, 2.75) is 18.3 Å². The van der Waals surface area contributed by atoms with Gasteiger partial charge in [-0.2, -0.15) is 5.26 Å². The lowest BCUT2D eigenvalue weighted by Crippen LogP contribution is -2.33. The van der Waals surface area contributed by atoms with Crippen molar-refractivity contribution in [2.24, 2.45) is 0 Å². The Morgan fingerprint density at radius 1 is 1.32 bits per heavy atom. The van der Waals surface area contributed by atoms with E-state index in [2.05, 4.69) is 6.07 Å². The molecular weight excluding hydrogens is 278 g/mol. The summed E-state index contributed by atoms with van der Waals surface area (Å²) in [5.74, 6) is 0.831. The van der Waals surface area contributed by atoms with Crippen molar-refractivity contribution in [3.05, 3.63) is 51.2 Å². The van der Waals surface area contributed by atoms with Crippen molar-refractivity contribution < 1.29 is 4.74 Å². The van der Waals surface area contributed by atoms with Crippen LogP contribution in [0.1, 0.15) is 16.9 Å². The fourth-order valence-corrected chi connectivity index (χ4v) is 3.74. The summed E-state index contributed by atoms with van der Waals surface area (Å²) in [5, 5.41) is 9.72. The van der Waals surface area contributed by atoms with Crippen LogP contribution in [0.5, 0.6) is 5.75 Å². The summed E-state index contributed by atoms with van der Waals surface area (Å²) in [5.41, 5.74) is 0.497. The number of halogens is 1. The number of thiophene rings is 1. The molecule has 0 fully saturated rings. The minimum Gasteiger partial charge on any atom is -0.493 e. The fraction of sp³-hybridized carbons (Fsp3) is 0.267. The monoisotopic (exact) mass is 289 g/mol. The number of rotatable bonds is 2. The molecule has 1 aromatic carbocycles. The molecule has 1 aliphatic heterocycles. The number of nitriles is 1. The van der Waals surface area contributed by atoms with E-state index in [9.17, 15) is 5.26 Å². The van der Waals surface area contributed by atoms with E-state index in [1.165, 1.54) is 0 Å². The van der Waals surface area contributed by atoms with Gasteiger partial charge in [0.1, 0.15) is 5.75 Å². The van der Waals surface area contributed by atoms with Gasteiger partial charge in [0.15, 0.2) is 0 Å². The van der Waals surface area contributed by atoms with Gasteiger partial charge in [-0.05, 0) is 18.2 Å². The van der Waals surface area contributed by atoms with Gasteiger partial charge in [0.05, 0.1) is 22.4 Å². The SMILES string of the molecule is N#CC1(Cc2ccc(Cl)s2)CCOc2ccccc21. The first-order valence-electron chi connectivity index (χ1n) is 6.11. The zero-order chi connectivity index (χ0) is 13.3. The van der Waals surface area contributed by atoms with Crippen LogP contribution in [0, 0.1) is 11.3 Å². The number of hydrogen-bond acceptors (Lipinski definition) is 3. The van der Waals surface area contributed by atoms with E-state index in [1.54, 1.807) is 11.3 Å². The average Bonchev–Trinajstić information content (AvgIpc) is 2.84. The maximum atomic E-state index is 9.72. The van der Waals surface area contributed by atoms with Crippen LogP contribution in [-0.2, 0) is 11.8 Å². The Morgan fingerprint density at radius 2 is 2.16 bits per heavy atom.